The Balaban J connectivity index is 1.90. The second-order valence-electron chi connectivity index (χ2n) is 7.02. The Kier molecular flexibility index (Phi) is 5.65. The van der Waals surface area contributed by atoms with Crippen LogP contribution >= 0.6 is 0 Å². The van der Waals surface area contributed by atoms with E-state index in [-0.39, 0.29) is 4.90 Å². The first-order valence-corrected chi connectivity index (χ1v) is 11.7. The molecule has 3 atom stereocenters. The van der Waals surface area contributed by atoms with Gasteiger partial charge in [-0.15, -0.1) is 0 Å². The summed E-state index contributed by atoms with van der Waals surface area (Å²) in [6, 6.07) is 15.5. The lowest BCUT2D eigenvalue weighted by molar-refractivity contribution is 0.0309. The molecule has 3 rings (SSSR count). The summed E-state index contributed by atoms with van der Waals surface area (Å²) >= 11 is 0. The van der Waals surface area contributed by atoms with Gasteiger partial charge in [-0.1, -0.05) is 48.7 Å². The van der Waals surface area contributed by atoms with E-state index in [0.717, 1.165) is 18.4 Å². The molecule has 0 bridgehead atoms. The molecule has 2 aromatic carbocycles. The van der Waals surface area contributed by atoms with Gasteiger partial charge in [0.05, 0.1) is 32.3 Å². The summed E-state index contributed by atoms with van der Waals surface area (Å²) < 4.78 is 38.7. The van der Waals surface area contributed by atoms with Crippen molar-refractivity contribution < 1.29 is 17.7 Å². The molecule has 140 valence electrons. The number of hydrogen-bond donors (Lipinski definition) is 1. The number of rotatable bonds is 5. The monoisotopic (exact) mass is 392 g/mol. The minimum atomic E-state index is -3.66. The fraction of sp³-hybridized carbons (Fsp3) is 0.400. The summed E-state index contributed by atoms with van der Waals surface area (Å²) in [6.07, 6.45) is 2.49. The van der Waals surface area contributed by atoms with Crippen LogP contribution < -0.4 is 0 Å². The van der Waals surface area contributed by atoms with Crippen molar-refractivity contribution in [1.82, 2.24) is 0 Å². The van der Waals surface area contributed by atoms with E-state index in [0.29, 0.717) is 17.7 Å². The number of aliphatic hydroxyl groups is 1. The first kappa shape index (κ1) is 19.3. The van der Waals surface area contributed by atoms with Crippen molar-refractivity contribution in [3.05, 3.63) is 60.2 Å². The molecule has 0 amide bonds. The molecule has 26 heavy (non-hydrogen) atoms. The molecule has 0 aromatic heterocycles. The van der Waals surface area contributed by atoms with Crippen LogP contribution in [0.4, 0.5) is 0 Å². The number of hydrogen-bond acceptors (Lipinski definition) is 4. The number of benzene rings is 2. The van der Waals surface area contributed by atoms with Crippen LogP contribution in [0.1, 0.15) is 31.2 Å². The highest BCUT2D eigenvalue weighted by Gasteiger charge is 2.46. The standard InChI is InChI=1S/C20H24O4S2/c1-16-10-12-17(13-11-16)25(22)19-9-5-6-14-20(19,21)15-26(23,24)18-7-3-2-4-8-18/h2-4,7-8,10-13,19,21H,5-6,9,14-15H2,1H3. The summed E-state index contributed by atoms with van der Waals surface area (Å²) in [5, 5.41) is 10.7. The van der Waals surface area contributed by atoms with E-state index in [1.54, 1.807) is 30.3 Å². The zero-order valence-electron chi connectivity index (χ0n) is 14.8. The van der Waals surface area contributed by atoms with E-state index in [4.69, 9.17) is 0 Å². The quantitative estimate of drug-likeness (QED) is 0.848. The molecule has 1 N–H and O–H groups in total. The lowest BCUT2D eigenvalue weighted by atomic mass is 9.86. The van der Waals surface area contributed by atoms with E-state index in [1.165, 1.54) is 12.1 Å². The maximum atomic E-state index is 13.1. The second kappa shape index (κ2) is 7.62. The fourth-order valence-electron chi connectivity index (χ4n) is 3.54. The minimum absolute atomic E-state index is 0.193. The first-order chi connectivity index (χ1) is 12.3. The SMILES string of the molecule is Cc1ccc(S(=O)C2CCCCC2(O)CS(=O)(=O)c2ccccc2)cc1. The van der Waals surface area contributed by atoms with Crippen LogP contribution in [-0.2, 0) is 20.6 Å². The molecule has 6 heteroatoms. The largest absolute Gasteiger partial charge is 0.388 e. The Bertz CT molecular complexity index is 876. The second-order valence-corrected chi connectivity index (χ2v) is 10.6. The number of sulfone groups is 1. The zero-order valence-corrected chi connectivity index (χ0v) is 16.4. The molecule has 1 aliphatic carbocycles. The highest BCUT2D eigenvalue weighted by atomic mass is 32.2. The fourth-order valence-corrected chi connectivity index (χ4v) is 7.10. The highest BCUT2D eigenvalue weighted by Crippen LogP contribution is 2.36. The van der Waals surface area contributed by atoms with Crippen molar-refractivity contribution in [2.24, 2.45) is 0 Å². The minimum Gasteiger partial charge on any atom is -0.388 e. The summed E-state index contributed by atoms with van der Waals surface area (Å²) in [5.41, 5.74) is -0.417. The van der Waals surface area contributed by atoms with Gasteiger partial charge in [0, 0.05) is 4.90 Å². The summed E-state index contributed by atoms with van der Waals surface area (Å²) in [6.45, 7) is 1.95. The van der Waals surface area contributed by atoms with Gasteiger partial charge in [-0.2, -0.15) is 0 Å². The molecular formula is C20H24O4S2. The Hall–Kier alpha value is -1.50. The normalized spacial score (nSPS) is 24.9. The van der Waals surface area contributed by atoms with Gasteiger partial charge in [-0.25, -0.2) is 8.42 Å². The average Bonchev–Trinajstić information content (AvgIpc) is 2.62. The van der Waals surface area contributed by atoms with Gasteiger partial charge in [0.2, 0.25) is 0 Å². The molecule has 2 aromatic rings. The molecule has 0 spiro atoms. The highest BCUT2D eigenvalue weighted by molar-refractivity contribution is 7.91. The third kappa shape index (κ3) is 4.08. The van der Waals surface area contributed by atoms with Crippen molar-refractivity contribution >= 4 is 20.6 Å². The average molecular weight is 393 g/mol. The van der Waals surface area contributed by atoms with E-state index in [1.807, 2.05) is 19.1 Å². The van der Waals surface area contributed by atoms with Gasteiger partial charge in [0.1, 0.15) is 0 Å². The molecule has 0 aliphatic heterocycles. The molecule has 4 nitrogen and oxygen atoms in total. The van der Waals surface area contributed by atoms with E-state index in [2.05, 4.69) is 0 Å². The van der Waals surface area contributed by atoms with Crippen molar-refractivity contribution in [2.75, 3.05) is 5.75 Å². The van der Waals surface area contributed by atoms with Crippen molar-refractivity contribution in [2.45, 2.75) is 53.2 Å². The maximum Gasteiger partial charge on any atom is 0.181 e. The molecule has 1 fully saturated rings. The molecule has 0 radical (unpaired) electrons. The van der Waals surface area contributed by atoms with Crippen molar-refractivity contribution in [3.8, 4) is 0 Å². The Morgan fingerprint density at radius 2 is 1.73 bits per heavy atom. The van der Waals surface area contributed by atoms with E-state index < -0.39 is 37.2 Å². The van der Waals surface area contributed by atoms with Gasteiger partial charge >= 0.3 is 0 Å². The van der Waals surface area contributed by atoms with Crippen molar-refractivity contribution in [1.29, 1.82) is 0 Å². The van der Waals surface area contributed by atoms with Crippen LogP contribution in [0.25, 0.3) is 0 Å². The molecule has 0 saturated heterocycles. The Morgan fingerprint density at radius 1 is 1.08 bits per heavy atom. The smallest absolute Gasteiger partial charge is 0.181 e. The van der Waals surface area contributed by atoms with Crippen LogP contribution in [0.15, 0.2) is 64.4 Å². The molecule has 1 aliphatic rings. The van der Waals surface area contributed by atoms with Crippen LogP contribution in [0, 0.1) is 6.92 Å². The third-order valence-corrected chi connectivity index (χ3v) is 8.78. The molecule has 0 heterocycles. The van der Waals surface area contributed by atoms with Gasteiger partial charge in [0.25, 0.3) is 0 Å². The predicted molar refractivity (Wildman–Crippen MR) is 103 cm³/mol. The van der Waals surface area contributed by atoms with Crippen molar-refractivity contribution in [3.63, 3.8) is 0 Å². The Morgan fingerprint density at radius 3 is 2.38 bits per heavy atom. The summed E-state index contributed by atoms with van der Waals surface area (Å²) in [5.74, 6) is -0.397. The molecule has 3 unspecified atom stereocenters. The van der Waals surface area contributed by atoms with Crippen LogP contribution in [0.5, 0.6) is 0 Å². The van der Waals surface area contributed by atoms with Gasteiger partial charge in [-0.3, -0.25) is 4.21 Å². The van der Waals surface area contributed by atoms with Crippen LogP contribution in [0.2, 0.25) is 0 Å². The lowest BCUT2D eigenvalue weighted by Crippen LogP contribution is -2.51. The first-order valence-electron chi connectivity index (χ1n) is 8.79. The summed E-state index contributed by atoms with van der Waals surface area (Å²) in [4.78, 5) is 0.830. The van der Waals surface area contributed by atoms with Crippen LogP contribution in [0.3, 0.4) is 0 Å². The predicted octanol–water partition coefficient (Wildman–Crippen LogP) is 3.25. The Labute approximate surface area is 157 Å². The van der Waals surface area contributed by atoms with Gasteiger partial charge in [-0.05, 0) is 44.0 Å². The lowest BCUT2D eigenvalue weighted by Gasteiger charge is -2.39. The maximum absolute atomic E-state index is 13.1. The topological polar surface area (TPSA) is 71.4 Å². The van der Waals surface area contributed by atoms with E-state index >= 15 is 0 Å². The number of aryl methyl sites for hydroxylation is 1. The van der Waals surface area contributed by atoms with Gasteiger partial charge < -0.3 is 5.11 Å². The van der Waals surface area contributed by atoms with Crippen LogP contribution in [-0.4, -0.2) is 34.3 Å². The zero-order chi connectivity index (χ0) is 18.8. The summed E-state index contributed by atoms with van der Waals surface area (Å²) in [7, 11) is -5.11. The van der Waals surface area contributed by atoms with E-state index in [9.17, 15) is 17.7 Å². The molecular weight excluding hydrogens is 368 g/mol. The molecule has 1 saturated carbocycles. The third-order valence-electron chi connectivity index (χ3n) is 4.98. The van der Waals surface area contributed by atoms with Gasteiger partial charge in [0.15, 0.2) is 9.84 Å².